The van der Waals surface area contributed by atoms with Gasteiger partial charge in [0.1, 0.15) is 5.75 Å². The van der Waals surface area contributed by atoms with Crippen molar-refractivity contribution >= 4 is 27.5 Å². The number of nitrogens with one attached hydrogen (secondary N) is 1. The maximum Gasteiger partial charge on any atom is 0.251 e. The van der Waals surface area contributed by atoms with Crippen LogP contribution in [0.3, 0.4) is 0 Å². The third-order valence-corrected chi connectivity index (χ3v) is 6.43. The molecule has 0 radical (unpaired) electrons. The second-order valence-electron chi connectivity index (χ2n) is 8.06. The third kappa shape index (κ3) is 5.80. The Morgan fingerprint density at radius 2 is 1.80 bits per heavy atom. The molecule has 1 aromatic rings. The average Bonchev–Trinajstić information content (AvgIpc) is 3.00. The molecular weight excluding hydrogens is 406 g/mol. The number of carbonyl (C=O) groups is 2. The number of benzene rings is 1. The smallest absolute Gasteiger partial charge is 0.251 e. The number of sulfonamides is 1. The Morgan fingerprint density at radius 3 is 2.40 bits per heavy atom. The van der Waals surface area contributed by atoms with Gasteiger partial charge in [-0.25, -0.2) is 18.0 Å². The molecule has 1 atom stereocenters. The zero-order chi connectivity index (χ0) is 21.7. The third-order valence-electron chi connectivity index (χ3n) is 5.70. The minimum atomic E-state index is -3.16. The van der Waals surface area contributed by atoms with Gasteiger partial charge in [0.15, 0.2) is 0 Å². The number of ether oxygens (including phenoxy) is 1. The first-order chi connectivity index (χ1) is 14.3. The fourth-order valence-electron chi connectivity index (χ4n) is 4.09. The van der Waals surface area contributed by atoms with Crippen molar-refractivity contribution in [3.63, 3.8) is 0 Å². The first kappa shape index (κ1) is 22.7. The van der Waals surface area contributed by atoms with Gasteiger partial charge >= 0.3 is 0 Å². The van der Waals surface area contributed by atoms with Crippen molar-refractivity contribution in [2.24, 2.45) is 5.92 Å². The summed E-state index contributed by atoms with van der Waals surface area (Å²) >= 11 is 0. The normalized spacial score (nSPS) is 21.4. The number of anilines is 1. The molecule has 30 heavy (non-hydrogen) atoms. The molecule has 1 N–H and O–H groups in total. The SMILES string of the molecule is CCCOc1ccc(N2C(=O)CC(N3CCC(CCNS(C)(=O)=O)CC3)C2=O)cc1. The van der Waals surface area contributed by atoms with E-state index in [1.165, 1.54) is 4.90 Å². The maximum absolute atomic E-state index is 13.0. The van der Waals surface area contributed by atoms with Crippen LogP contribution in [-0.2, 0) is 19.6 Å². The van der Waals surface area contributed by atoms with Crippen molar-refractivity contribution in [3.8, 4) is 5.75 Å². The lowest BCUT2D eigenvalue weighted by molar-refractivity contribution is -0.123. The molecule has 2 heterocycles. The van der Waals surface area contributed by atoms with Gasteiger partial charge in [-0.1, -0.05) is 6.92 Å². The number of likely N-dealkylation sites (tertiary alicyclic amines) is 1. The van der Waals surface area contributed by atoms with Crippen LogP contribution in [0.4, 0.5) is 5.69 Å². The van der Waals surface area contributed by atoms with Gasteiger partial charge in [-0.05, 0) is 69.0 Å². The number of nitrogens with zero attached hydrogens (tertiary/aromatic N) is 2. The highest BCUT2D eigenvalue weighted by atomic mass is 32.2. The monoisotopic (exact) mass is 437 g/mol. The van der Waals surface area contributed by atoms with Crippen molar-refractivity contribution in [1.29, 1.82) is 0 Å². The molecule has 0 spiro atoms. The molecular formula is C21H31N3O5S. The molecule has 0 aromatic heterocycles. The van der Waals surface area contributed by atoms with Crippen LogP contribution >= 0.6 is 0 Å². The minimum absolute atomic E-state index is 0.167. The molecule has 8 nitrogen and oxygen atoms in total. The first-order valence-electron chi connectivity index (χ1n) is 10.6. The van der Waals surface area contributed by atoms with Crippen LogP contribution in [0.1, 0.15) is 39.0 Å². The molecule has 2 saturated heterocycles. The molecule has 166 valence electrons. The quantitative estimate of drug-likeness (QED) is 0.592. The highest BCUT2D eigenvalue weighted by molar-refractivity contribution is 7.88. The van der Waals surface area contributed by atoms with E-state index in [4.69, 9.17) is 4.74 Å². The summed E-state index contributed by atoms with van der Waals surface area (Å²) in [5.41, 5.74) is 0.582. The lowest BCUT2D eigenvalue weighted by Gasteiger charge is -2.34. The van der Waals surface area contributed by atoms with Gasteiger partial charge in [0.2, 0.25) is 15.9 Å². The first-order valence-corrected chi connectivity index (χ1v) is 12.5. The molecule has 2 aliphatic heterocycles. The molecule has 1 aromatic carbocycles. The summed E-state index contributed by atoms with van der Waals surface area (Å²) in [6.45, 7) is 4.58. The van der Waals surface area contributed by atoms with E-state index in [0.29, 0.717) is 24.8 Å². The zero-order valence-electron chi connectivity index (χ0n) is 17.7. The van der Waals surface area contributed by atoms with Gasteiger partial charge in [0, 0.05) is 6.54 Å². The number of amides is 2. The molecule has 2 aliphatic rings. The van der Waals surface area contributed by atoms with Crippen molar-refractivity contribution in [2.75, 3.05) is 37.4 Å². The molecule has 0 aliphatic carbocycles. The van der Waals surface area contributed by atoms with E-state index in [0.717, 1.165) is 50.8 Å². The van der Waals surface area contributed by atoms with Gasteiger partial charge in [0.05, 0.1) is 31.0 Å². The Labute approximate surface area is 178 Å². The van der Waals surface area contributed by atoms with Crippen LogP contribution < -0.4 is 14.4 Å². The van der Waals surface area contributed by atoms with Crippen molar-refractivity contribution < 1.29 is 22.7 Å². The van der Waals surface area contributed by atoms with Gasteiger partial charge in [0.25, 0.3) is 5.91 Å². The zero-order valence-corrected chi connectivity index (χ0v) is 18.5. The fourth-order valence-corrected chi connectivity index (χ4v) is 4.57. The Balaban J connectivity index is 1.54. The summed E-state index contributed by atoms with van der Waals surface area (Å²) in [7, 11) is -3.16. The molecule has 2 amide bonds. The predicted octanol–water partition coefficient (Wildman–Crippen LogP) is 1.76. The van der Waals surface area contributed by atoms with E-state index < -0.39 is 16.1 Å². The van der Waals surface area contributed by atoms with E-state index >= 15 is 0 Å². The predicted molar refractivity (Wildman–Crippen MR) is 115 cm³/mol. The summed E-state index contributed by atoms with van der Waals surface area (Å²) in [6.07, 6.45) is 4.86. The average molecular weight is 438 g/mol. The highest BCUT2D eigenvalue weighted by Crippen LogP contribution is 2.30. The Morgan fingerprint density at radius 1 is 1.13 bits per heavy atom. The molecule has 1 unspecified atom stereocenters. The minimum Gasteiger partial charge on any atom is -0.494 e. The Kier molecular flexibility index (Phi) is 7.49. The summed E-state index contributed by atoms with van der Waals surface area (Å²) in [4.78, 5) is 29.0. The van der Waals surface area contributed by atoms with Crippen LogP contribution in [0, 0.1) is 5.92 Å². The number of hydrogen-bond acceptors (Lipinski definition) is 6. The van der Waals surface area contributed by atoms with E-state index in [-0.39, 0.29) is 18.2 Å². The van der Waals surface area contributed by atoms with Crippen LogP contribution in [0.5, 0.6) is 5.75 Å². The maximum atomic E-state index is 13.0. The van der Waals surface area contributed by atoms with Crippen LogP contribution in [0.2, 0.25) is 0 Å². The van der Waals surface area contributed by atoms with E-state index in [2.05, 4.69) is 9.62 Å². The number of carbonyl (C=O) groups excluding carboxylic acids is 2. The summed E-state index contributed by atoms with van der Waals surface area (Å²) < 4.78 is 30.5. The number of imide groups is 1. The topological polar surface area (TPSA) is 96.0 Å². The Bertz CT molecular complexity index is 848. The van der Waals surface area contributed by atoms with Crippen LogP contribution in [-0.4, -0.2) is 63.7 Å². The lowest BCUT2D eigenvalue weighted by Crippen LogP contribution is -2.46. The fraction of sp³-hybridized carbons (Fsp3) is 0.619. The van der Waals surface area contributed by atoms with E-state index in [1.54, 1.807) is 24.3 Å². The lowest BCUT2D eigenvalue weighted by atomic mass is 9.92. The Hall–Kier alpha value is -1.97. The van der Waals surface area contributed by atoms with E-state index in [9.17, 15) is 18.0 Å². The molecule has 2 fully saturated rings. The molecule has 3 rings (SSSR count). The van der Waals surface area contributed by atoms with Crippen molar-refractivity contribution in [2.45, 2.75) is 45.1 Å². The number of rotatable bonds is 9. The summed E-state index contributed by atoms with van der Waals surface area (Å²) in [6, 6.07) is 6.67. The van der Waals surface area contributed by atoms with Crippen LogP contribution in [0.15, 0.2) is 24.3 Å². The largest absolute Gasteiger partial charge is 0.494 e. The summed E-state index contributed by atoms with van der Waals surface area (Å²) in [5.74, 6) is 0.810. The summed E-state index contributed by atoms with van der Waals surface area (Å²) in [5, 5.41) is 0. The van der Waals surface area contributed by atoms with Gasteiger partial charge < -0.3 is 4.74 Å². The van der Waals surface area contributed by atoms with Crippen molar-refractivity contribution in [1.82, 2.24) is 9.62 Å². The van der Waals surface area contributed by atoms with Gasteiger partial charge in [-0.3, -0.25) is 14.5 Å². The highest BCUT2D eigenvalue weighted by Gasteiger charge is 2.43. The second kappa shape index (κ2) is 9.89. The number of piperidine rings is 1. The van der Waals surface area contributed by atoms with Crippen molar-refractivity contribution in [3.05, 3.63) is 24.3 Å². The second-order valence-corrected chi connectivity index (χ2v) is 9.90. The van der Waals surface area contributed by atoms with Gasteiger partial charge in [-0.2, -0.15) is 0 Å². The van der Waals surface area contributed by atoms with E-state index in [1.807, 2.05) is 6.92 Å². The van der Waals surface area contributed by atoms with Gasteiger partial charge in [-0.15, -0.1) is 0 Å². The number of hydrogen-bond donors (Lipinski definition) is 1. The molecule has 9 heteroatoms. The molecule has 0 saturated carbocycles. The molecule has 0 bridgehead atoms. The standard InChI is InChI=1S/C21H31N3O5S/c1-3-14-29-18-6-4-17(5-7-18)24-20(25)15-19(21(24)26)23-12-9-16(10-13-23)8-11-22-30(2,27)28/h4-7,16,19,22H,3,8-15H2,1-2H3. The van der Waals surface area contributed by atoms with Crippen LogP contribution in [0.25, 0.3) is 0 Å².